The van der Waals surface area contributed by atoms with E-state index in [0.717, 1.165) is 32.4 Å². The Morgan fingerprint density at radius 3 is 2.21 bits per heavy atom. The Hall–Kier alpha value is -3.47. The third-order valence-corrected chi connectivity index (χ3v) is 6.63. The molecule has 3 rings (SSSR count). The van der Waals surface area contributed by atoms with Gasteiger partial charge in [0.2, 0.25) is 5.91 Å². The maximum Gasteiger partial charge on any atom is 0.341 e. The van der Waals surface area contributed by atoms with Crippen molar-refractivity contribution in [1.29, 1.82) is 0 Å². The molecular weight excluding hydrogens is 448 g/mol. The van der Waals surface area contributed by atoms with Gasteiger partial charge in [0.15, 0.2) is 0 Å². The lowest BCUT2D eigenvalue weighted by atomic mass is 9.88. The van der Waals surface area contributed by atoms with Crippen LogP contribution in [-0.4, -0.2) is 32.7 Å². The molecule has 0 aromatic carbocycles. The van der Waals surface area contributed by atoms with Gasteiger partial charge in [-0.1, -0.05) is 19.1 Å². The summed E-state index contributed by atoms with van der Waals surface area (Å²) in [6, 6.07) is 0. The SMILES string of the molecule is C=CCn1c(=O)n(CC=C)c(=O)n(CC(=O)Nc2sc3c(c2C(=O)OC)CCC(C)C3)c1=O. The fourth-order valence-corrected chi connectivity index (χ4v) is 5.27. The van der Waals surface area contributed by atoms with Gasteiger partial charge in [0.1, 0.15) is 11.5 Å². The smallest absolute Gasteiger partial charge is 0.341 e. The van der Waals surface area contributed by atoms with Gasteiger partial charge in [0.05, 0.1) is 25.8 Å². The average molecular weight is 475 g/mol. The van der Waals surface area contributed by atoms with E-state index >= 15 is 0 Å². The molecule has 1 unspecified atom stereocenters. The van der Waals surface area contributed by atoms with Crippen LogP contribution in [0.1, 0.15) is 34.1 Å². The van der Waals surface area contributed by atoms with Crippen LogP contribution in [0.15, 0.2) is 39.7 Å². The highest BCUT2D eigenvalue weighted by Crippen LogP contribution is 2.40. The third-order valence-electron chi connectivity index (χ3n) is 5.46. The Bertz CT molecular complexity index is 1250. The van der Waals surface area contributed by atoms with Crippen LogP contribution in [0.3, 0.4) is 0 Å². The summed E-state index contributed by atoms with van der Waals surface area (Å²) in [4.78, 5) is 64.3. The third kappa shape index (κ3) is 4.68. The van der Waals surface area contributed by atoms with Crippen LogP contribution in [0.5, 0.6) is 0 Å². The minimum atomic E-state index is -0.923. The summed E-state index contributed by atoms with van der Waals surface area (Å²) in [6.45, 7) is 8.27. The number of thiophene rings is 1. The van der Waals surface area contributed by atoms with Gasteiger partial charge in [-0.15, -0.1) is 24.5 Å². The molecule has 2 aromatic heterocycles. The number of anilines is 1. The number of carbonyl (C=O) groups excluding carboxylic acids is 2. The van der Waals surface area contributed by atoms with E-state index in [1.54, 1.807) is 0 Å². The molecule has 2 heterocycles. The summed E-state index contributed by atoms with van der Waals surface area (Å²) in [5, 5.41) is 2.99. The Morgan fingerprint density at radius 2 is 1.67 bits per heavy atom. The van der Waals surface area contributed by atoms with Gasteiger partial charge in [-0.2, -0.15) is 0 Å². The Balaban J connectivity index is 2.00. The zero-order valence-electron chi connectivity index (χ0n) is 18.6. The number of aromatic nitrogens is 3. The quantitative estimate of drug-likeness (QED) is 0.453. The van der Waals surface area contributed by atoms with E-state index in [0.29, 0.717) is 27.5 Å². The number of ether oxygens (including phenoxy) is 1. The van der Waals surface area contributed by atoms with E-state index in [2.05, 4.69) is 25.4 Å². The van der Waals surface area contributed by atoms with Crippen LogP contribution >= 0.6 is 11.3 Å². The summed E-state index contributed by atoms with van der Waals surface area (Å²) in [5.74, 6) is -0.777. The second-order valence-electron chi connectivity index (χ2n) is 7.83. The molecule has 11 heteroatoms. The largest absolute Gasteiger partial charge is 0.465 e. The summed E-state index contributed by atoms with van der Waals surface area (Å²) in [7, 11) is 1.27. The van der Waals surface area contributed by atoms with Crippen molar-refractivity contribution in [1.82, 2.24) is 13.7 Å². The minimum Gasteiger partial charge on any atom is -0.465 e. The Kier molecular flexibility index (Phi) is 7.32. The van der Waals surface area contributed by atoms with Crippen molar-refractivity contribution in [3.8, 4) is 0 Å². The molecule has 1 amide bonds. The molecule has 0 radical (unpaired) electrons. The molecule has 1 atom stereocenters. The van der Waals surface area contributed by atoms with Crippen molar-refractivity contribution in [2.75, 3.05) is 12.4 Å². The highest BCUT2D eigenvalue weighted by atomic mass is 32.1. The van der Waals surface area contributed by atoms with Gasteiger partial charge < -0.3 is 10.1 Å². The van der Waals surface area contributed by atoms with Crippen LogP contribution in [-0.2, 0) is 42.0 Å². The zero-order valence-corrected chi connectivity index (χ0v) is 19.4. The monoisotopic (exact) mass is 474 g/mol. The molecule has 1 N–H and O–H groups in total. The van der Waals surface area contributed by atoms with E-state index in [4.69, 9.17) is 4.74 Å². The Morgan fingerprint density at radius 1 is 1.09 bits per heavy atom. The van der Waals surface area contributed by atoms with Gasteiger partial charge in [0, 0.05) is 4.88 Å². The molecule has 1 aliphatic carbocycles. The number of carbonyl (C=O) groups is 2. The number of rotatable bonds is 8. The molecule has 0 aliphatic heterocycles. The van der Waals surface area contributed by atoms with Crippen molar-refractivity contribution in [2.45, 2.75) is 45.8 Å². The van der Waals surface area contributed by atoms with Crippen molar-refractivity contribution in [2.24, 2.45) is 5.92 Å². The summed E-state index contributed by atoms with van der Waals surface area (Å²) in [6.07, 6.45) is 5.10. The number of esters is 1. The molecule has 0 fully saturated rings. The number of nitrogens with one attached hydrogen (secondary N) is 1. The second-order valence-corrected chi connectivity index (χ2v) is 8.93. The maximum atomic E-state index is 12.9. The van der Waals surface area contributed by atoms with Crippen LogP contribution in [0.25, 0.3) is 0 Å². The topological polar surface area (TPSA) is 121 Å². The molecular formula is C22H26N4O6S. The van der Waals surface area contributed by atoms with E-state index in [1.165, 1.54) is 30.6 Å². The zero-order chi connectivity index (χ0) is 24.3. The molecule has 33 heavy (non-hydrogen) atoms. The first kappa shape index (κ1) is 24.2. The van der Waals surface area contributed by atoms with Crippen LogP contribution < -0.4 is 22.4 Å². The maximum absolute atomic E-state index is 12.9. The molecule has 0 spiro atoms. The normalized spacial score (nSPS) is 14.9. The summed E-state index contributed by atoms with van der Waals surface area (Å²) >= 11 is 1.30. The molecule has 2 aromatic rings. The highest BCUT2D eigenvalue weighted by Gasteiger charge is 2.29. The van der Waals surface area contributed by atoms with Gasteiger partial charge in [-0.25, -0.2) is 32.9 Å². The second kappa shape index (κ2) is 9.99. The molecule has 0 saturated carbocycles. The first-order valence-electron chi connectivity index (χ1n) is 10.4. The fourth-order valence-electron chi connectivity index (χ4n) is 3.86. The van der Waals surface area contributed by atoms with Gasteiger partial charge in [0.25, 0.3) is 0 Å². The molecule has 1 aliphatic rings. The number of methoxy groups -OCH3 is 1. The standard InChI is InChI=1S/C22H26N4O6S/c1-5-9-24-20(29)25(10-6-2)22(31)26(21(24)30)12-16(27)23-18-17(19(28)32-4)14-8-7-13(3)11-15(14)33-18/h5-6,13H,1-2,7-12H2,3-4H3,(H,23,27). The first-order valence-corrected chi connectivity index (χ1v) is 11.2. The van der Waals surface area contributed by atoms with Crippen molar-refractivity contribution >= 4 is 28.2 Å². The highest BCUT2D eigenvalue weighted by molar-refractivity contribution is 7.17. The van der Waals surface area contributed by atoms with Crippen LogP contribution in [0.2, 0.25) is 0 Å². The van der Waals surface area contributed by atoms with Crippen LogP contribution in [0, 0.1) is 5.92 Å². The number of amides is 1. The van der Waals surface area contributed by atoms with Crippen LogP contribution in [0.4, 0.5) is 5.00 Å². The molecule has 176 valence electrons. The molecule has 0 bridgehead atoms. The number of allylic oxidation sites excluding steroid dienone is 2. The van der Waals surface area contributed by atoms with Gasteiger partial charge in [-0.05, 0) is 30.7 Å². The van der Waals surface area contributed by atoms with Crippen molar-refractivity contribution in [3.63, 3.8) is 0 Å². The minimum absolute atomic E-state index is 0.126. The van der Waals surface area contributed by atoms with E-state index in [-0.39, 0.29) is 13.1 Å². The first-order chi connectivity index (χ1) is 15.7. The number of hydrogen-bond acceptors (Lipinski definition) is 7. The van der Waals surface area contributed by atoms with Gasteiger partial charge >= 0.3 is 23.0 Å². The molecule has 10 nitrogen and oxygen atoms in total. The van der Waals surface area contributed by atoms with Crippen molar-refractivity contribution in [3.05, 3.63) is 72.8 Å². The number of hydrogen-bond donors (Lipinski definition) is 1. The predicted octanol–water partition coefficient (Wildman–Crippen LogP) is 1.16. The molecule has 0 saturated heterocycles. The lowest BCUT2D eigenvalue weighted by molar-refractivity contribution is -0.116. The van der Waals surface area contributed by atoms with E-state index in [9.17, 15) is 24.0 Å². The number of fused-ring (bicyclic) bond motifs is 1. The van der Waals surface area contributed by atoms with E-state index in [1.807, 2.05) is 0 Å². The lowest BCUT2D eigenvalue weighted by Crippen LogP contribution is -2.55. The van der Waals surface area contributed by atoms with E-state index < -0.39 is 35.5 Å². The van der Waals surface area contributed by atoms with Gasteiger partial charge in [-0.3, -0.25) is 4.79 Å². The van der Waals surface area contributed by atoms with Crippen molar-refractivity contribution < 1.29 is 14.3 Å². The fraction of sp³-hybridized carbons (Fsp3) is 0.409. The average Bonchev–Trinajstić information content (AvgIpc) is 3.13. The summed E-state index contributed by atoms with van der Waals surface area (Å²) < 4.78 is 7.23. The lowest BCUT2D eigenvalue weighted by Gasteiger charge is -2.18. The predicted molar refractivity (Wildman–Crippen MR) is 125 cm³/mol. The number of nitrogens with zero attached hydrogens (tertiary/aromatic N) is 3. The Labute approximate surface area is 193 Å². The summed E-state index contributed by atoms with van der Waals surface area (Å²) in [5.41, 5.74) is -1.48.